The van der Waals surface area contributed by atoms with Crippen molar-refractivity contribution in [2.45, 2.75) is 25.7 Å². The highest BCUT2D eigenvalue weighted by molar-refractivity contribution is 5.80. The lowest BCUT2D eigenvalue weighted by molar-refractivity contribution is -0.155. The maximum absolute atomic E-state index is 10.6. The SMILES string of the molecule is O=C(O)C1CCCC[C@H]1C(=O)O. The molecule has 0 aliphatic heterocycles. The minimum atomic E-state index is -0.970. The molecule has 1 unspecified atom stereocenters. The van der Waals surface area contributed by atoms with Crippen molar-refractivity contribution in [2.75, 3.05) is 0 Å². The Morgan fingerprint density at radius 3 is 1.50 bits per heavy atom. The van der Waals surface area contributed by atoms with E-state index in [-0.39, 0.29) is 0 Å². The van der Waals surface area contributed by atoms with Crippen LogP contribution in [0.2, 0.25) is 0 Å². The Morgan fingerprint density at radius 1 is 0.917 bits per heavy atom. The van der Waals surface area contributed by atoms with Gasteiger partial charge in [0, 0.05) is 0 Å². The van der Waals surface area contributed by atoms with Gasteiger partial charge in [0.25, 0.3) is 0 Å². The number of carboxylic acid groups (broad SMARTS) is 2. The molecule has 0 aromatic heterocycles. The summed E-state index contributed by atoms with van der Waals surface area (Å²) in [5.74, 6) is -3.28. The highest BCUT2D eigenvalue weighted by Gasteiger charge is 2.35. The van der Waals surface area contributed by atoms with Crippen LogP contribution < -0.4 is 0 Å². The van der Waals surface area contributed by atoms with Crippen LogP contribution in [-0.2, 0) is 9.59 Å². The van der Waals surface area contributed by atoms with E-state index in [1.807, 2.05) is 0 Å². The summed E-state index contributed by atoms with van der Waals surface area (Å²) in [6.45, 7) is 0. The lowest BCUT2D eigenvalue weighted by Crippen LogP contribution is -2.32. The quantitative estimate of drug-likeness (QED) is 0.650. The highest BCUT2D eigenvalue weighted by atomic mass is 16.4. The molecule has 2 N–H and O–H groups in total. The van der Waals surface area contributed by atoms with Crippen LogP contribution in [0.5, 0.6) is 0 Å². The predicted octanol–water partition coefficient (Wildman–Crippen LogP) is 0.962. The van der Waals surface area contributed by atoms with Gasteiger partial charge in [0.15, 0.2) is 0 Å². The average molecular weight is 172 g/mol. The van der Waals surface area contributed by atoms with Gasteiger partial charge >= 0.3 is 11.9 Å². The zero-order valence-electron chi connectivity index (χ0n) is 6.69. The second-order valence-electron chi connectivity index (χ2n) is 3.17. The topological polar surface area (TPSA) is 74.6 Å². The summed E-state index contributed by atoms with van der Waals surface area (Å²) >= 11 is 0. The van der Waals surface area contributed by atoms with Crippen molar-refractivity contribution < 1.29 is 19.8 Å². The number of aliphatic carboxylic acids is 2. The summed E-state index contributed by atoms with van der Waals surface area (Å²) in [5.41, 5.74) is 0. The fourth-order valence-corrected chi connectivity index (χ4v) is 1.72. The number of hydrogen-bond acceptors (Lipinski definition) is 2. The molecule has 12 heavy (non-hydrogen) atoms. The van der Waals surface area contributed by atoms with Gasteiger partial charge in [-0.2, -0.15) is 0 Å². The molecule has 0 spiro atoms. The van der Waals surface area contributed by atoms with Crippen LogP contribution in [0.25, 0.3) is 0 Å². The smallest absolute Gasteiger partial charge is 0.307 e. The molecular formula is C8H12O4. The first-order chi connectivity index (χ1) is 5.63. The first-order valence-corrected chi connectivity index (χ1v) is 4.08. The number of carboxylic acids is 2. The van der Waals surface area contributed by atoms with E-state index in [0.29, 0.717) is 12.8 Å². The van der Waals surface area contributed by atoms with E-state index >= 15 is 0 Å². The molecule has 4 heteroatoms. The Kier molecular flexibility index (Phi) is 2.68. The van der Waals surface area contributed by atoms with E-state index in [4.69, 9.17) is 10.2 Å². The van der Waals surface area contributed by atoms with Gasteiger partial charge in [0.2, 0.25) is 0 Å². The monoisotopic (exact) mass is 172 g/mol. The van der Waals surface area contributed by atoms with Crippen molar-refractivity contribution in [1.82, 2.24) is 0 Å². The van der Waals surface area contributed by atoms with Gasteiger partial charge in [0.05, 0.1) is 11.8 Å². The van der Waals surface area contributed by atoms with Gasteiger partial charge in [-0.25, -0.2) is 0 Å². The minimum absolute atomic E-state index is 0.506. The molecule has 1 rings (SSSR count). The van der Waals surface area contributed by atoms with Crippen molar-refractivity contribution in [3.63, 3.8) is 0 Å². The summed E-state index contributed by atoms with van der Waals surface area (Å²) in [6, 6.07) is 0. The van der Waals surface area contributed by atoms with Gasteiger partial charge in [-0.1, -0.05) is 12.8 Å². The zero-order chi connectivity index (χ0) is 9.14. The van der Waals surface area contributed by atoms with Crippen LogP contribution in [0.15, 0.2) is 0 Å². The number of rotatable bonds is 2. The number of hydrogen-bond donors (Lipinski definition) is 2. The van der Waals surface area contributed by atoms with Gasteiger partial charge in [-0.05, 0) is 12.8 Å². The van der Waals surface area contributed by atoms with Gasteiger partial charge in [0.1, 0.15) is 0 Å². The fourth-order valence-electron chi connectivity index (χ4n) is 1.72. The Bertz CT molecular complexity index is 177. The molecule has 1 saturated carbocycles. The Morgan fingerprint density at radius 2 is 1.25 bits per heavy atom. The van der Waals surface area contributed by atoms with Gasteiger partial charge in [-0.3, -0.25) is 9.59 Å². The number of carbonyl (C=O) groups is 2. The Hall–Kier alpha value is -1.06. The average Bonchev–Trinajstić information content (AvgIpc) is 2.04. The molecule has 68 valence electrons. The predicted molar refractivity (Wildman–Crippen MR) is 40.7 cm³/mol. The van der Waals surface area contributed by atoms with E-state index < -0.39 is 23.8 Å². The first kappa shape index (κ1) is 9.03. The van der Waals surface area contributed by atoms with E-state index in [9.17, 15) is 9.59 Å². The zero-order valence-corrected chi connectivity index (χ0v) is 6.69. The third-order valence-electron chi connectivity index (χ3n) is 2.40. The lowest BCUT2D eigenvalue weighted by atomic mass is 9.79. The molecular weight excluding hydrogens is 160 g/mol. The summed E-state index contributed by atoms with van der Waals surface area (Å²) in [4.78, 5) is 21.2. The maximum atomic E-state index is 10.6. The van der Waals surface area contributed by atoms with E-state index in [0.717, 1.165) is 12.8 Å². The Labute approximate surface area is 70.2 Å². The van der Waals surface area contributed by atoms with Gasteiger partial charge in [-0.15, -0.1) is 0 Å². The van der Waals surface area contributed by atoms with Crippen molar-refractivity contribution >= 4 is 11.9 Å². The van der Waals surface area contributed by atoms with E-state index in [1.54, 1.807) is 0 Å². The minimum Gasteiger partial charge on any atom is -0.481 e. The fraction of sp³-hybridized carbons (Fsp3) is 0.750. The standard InChI is InChI=1S/C8H12O4/c9-7(10)5-3-1-2-4-6(5)8(11)12/h5-6H,1-4H2,(H,9,10)(H,11,12)/t5-,6?/m1/s1. The second kappa shape index (κ2) is 3.56. The van der Waals surface area contributed by atoms with Crippen LogP contribution in [0.1, 0.15) is 25.7 Å². The third-order valence-corrected chi connectivity index (χ3v) is 2.40. The lowest BCUT2D eigenvalue weighted by Gasteiger charge is -2.24. The van der Waals surface area contributed by atoms with Crippen molar-refractivity contribution in [3.8, 4) is 0 Å². The first-order valence-electron chi connectivity index (χ1n) is 4.08. The van der Waals surface area contributed by atoms with Crippen LogP contribution in [0.4, 0.5) is 0 Å². The molecule has 0 aromatic carbocycles. The van der Waals surface area contributed by atoms with Crippen molar-refractivity contribution in [3.05, 3.63) is 0 Å². The molecule has 2 atom stereocenters. The van der Waals surface area contributed by atoms with Crippen molar-refractivity contribution in [1.29, 1.82) is 0 Å². The molecule has 1 aliphatic carbocycles. The van der Waals surface area contributed by atoms with Crippen LogP contribution in [-0.4, -0.2) is 22.2 Å². The maximum Gasteiger partial charge on any atom is 0.307 e. The molecule has 1 fully saturated rings. The van der Waals surface area contributed by atoms with Gasteiger partial charge < -0.3 is 10.2 Å². The summed E-state index contributed by atoms with van der Waals surface area (Å²) in [5, 5.41) is 17.4. The molecule has 0 bridgehead atoms. The summed E-state index contributed by atoms with van der Waals surface area (Å²) < 4.78 is 0. The molecule has 0 radical (unpaired) electrons. The van der Waals surface area contributed by atoms with Crippen LogP contribution >= 0.6 is 0 Å². The van der Waals surface area contributed by atoms with E-state index in [2.05, 4.69) is 0 Å². The Balaban J connectivity index is 2.67. The molecule has 4 nitrogen and oxygen atoms in total. The van der Waals surface area contributed by atoms with Crippen LogP contribution in [0, 0.1) is 11.8 Å². The molecule has 0 saturated heterocycles. The summed E-state index contributed by atoms with van der Waals surface area (Å²) in [7, 11) is 0. The molecule has 1 aliphatic rings. The molecule has 0 heterocycles. The third kappa shape index (κ3) is 1.75. The molecule has 0 aromatic rings. The highest BCUT2D eigenvalue weighted by Crippen LogP contribution is 2.30. The largest absolute Gasteiger partial charge is 0.481 e. The normalized spacial score (nSPS) is 29.7. The van der Waals surface area contributed by atoms with Crippen LogP contribution in [0.3, 0.4) is 0 Å². The molecule has 0 amide bonds. The van der Waals surface area contributed by atoms with Crippen molar-refractivity contribution in [2.24, 2.45) is 11.8 Å². The van der Waals surface area contributed by atoms with E-state index in [1.165, 1.54) is 0 Å². The second-order valence-corrected chi connectivity index (χ2v) is 3.17. The summed E-state index contributed by atoms with van der Waals surface area (Å²) in [6.07, 6.45) is 2.68.